The second-order valence-electron chi connectivity index (χ2n) is 6.94. The molecule has 6 nitrogen and oxygen atoms in total. The van der Waals surface area contributed by atoms with Crippen molar-refractivity contribution in [3.05, 3.63) is 24.0 Å². The number of piperidine rings is 1. The zero-order valence-corrected chi connectivity index (χ0v) is 14.3. The number of hydrogen-bond acceptors (Lipinski definition) is 4. The second-order valence-corrected chi connectivity index (χ2v) is 6.94. The first-order chi connectivity index (χ1) is 10.8. The van der Waals surface area contributed by atoms with Crippen molar-refractivity contribution in [1.82, 2.24) is 9.88 Å². The largest absolute Gasteiger partial charge is 0.460 e. The van der Waals surface area contributed by atoms with Gasteiger partial charge in [0, 0.05) is 31.2 Å². The van der Waals surface area contributed by atoms with Gasteiger partial charge in [0.05, 0.1) is 5.92 Å². The number of nitrogens with one attached hydrogen (secondary N) is 1. The Morgan fingerprint density at radius 3 is 2.78 bits per heavy atom. The summed E-state index contributed by atoms with van der Waals surface area (Å²) < 4.78 is 5.44. The van der Waals surface area contributed by atoms with Crippen LogP contribution in [0.4, 0.5) is 10.5 Å². The number of pyridine rings is 1. The molecule has 2 amide bonds. The Morgan fingerprint density at radius 2 is 2.13 bits per heavy atom. The van der Waals surface area contributed by atoms with Crippen molar-refractivity contribution in [3.8, 4) is 0 Å². The zero-order chi connectivity index (χ0) is 17.0. The highest BCUT2D eigenvalue weighted by molar-refractivity contribution is 5.90. The van der Waals surface area contributed by atoms with Gasteiger partial charge in [-0.1, -0.05) is 0 Å². The summed E-state index contributed by atoms with van der Waals surface area (Å²) >= 11 is 0. The molecule has 0 bridgehead atoms. The number of anilines is 1. The van der Waals surface area contributed by atoms with Crippen LogP contribution >= 0.6 is 0 Å². The summed E-state index contributed by atoms with van der Waals surface area (Å²) in [7, 11) is 0. The maximum Gasteiger partial charge on any atom is 0.321 e. The number of aromatic nitrogens is 1. The van der Waals surface area contributed by atoms with E-state index in [0.717, 1.165) is 24.1 Å². The number of carbonyl (C=O) groups excluding carboxylic acids is 2. The molecule has 23 heavy (non-hydrogen) atoms. The molecular formula is C17H25N3O3. The summed E-state index contributed by atoms with van der Waals surface area (Å²) in [5.41, 5.74) is 1.14. The van der Waals surface area contributed by atoms with Crippen LogP contribution in [0.5, 0.6) is 0 Å². The van der Waals surface area contributed by atoms with Gasteiger partial charge < -0.3 is 15.0 Å². The first-order valence-electron chi connectivity index (χ1n) is 7.95. The van der Waals surface area contributed by atoms with E-state index >= 15 is 0 Å². The summed E-state index contributed by atoms with van der Waals surface area (Å²) in [4.78, 5) is 30.3. The number of hydrogen-bond donors (Lipinski definition) is 1. The van der Waals surface area contributed by atoms with Crippen LogP contribution in [0, 0.1) is 12.8 Å². The molecule has 126 valence electrons. The zero-order valence-electron chi connectivity index (χ0n) is 14.3. The number of rotatable bonds is 2. The number of aryl methyl sites for hydroxylation is 1. The topological polar surface area (TPSA) is 71.5 Å². The molecule has 2 heterocycles. The lowest BCUT2D eigenvalue weighted by Crippen LogP contribution is -2.45. The lowest BCUT2D eigenvalue weighted by Gasteiger charge is -2.33. The molecule has 1 aromatic rings. The fourth-order valence-corrected chi connectivity index (χ4v) is 2.55. The van der Waals surface area contributed by atoms with Crippen molar-refractivity contribution in [2.24, 2.45) is 5.92 Å². The van der Waals surface area contributed by atoms with Crippen molar-refractivity contribution in [2.75, 3.05) is 18.4 Å². The minimum atomic E-state index is -0.504. The maximum absolute atomic E-state index is 12.4. The van der Waals surface area contributed by atoms with E-state index in [4.69, 9.17) is 4.74 Å². The summed E-state index contributed by atoms with van der Waals surface area (Å²) in [6.07, 6.45) is 4.90. The first-order valence-corrected chi connectivity index (χ1v) is 7.95. The van der Waals surface area contributed by atoms with E-state index in [9.17, 15) is 9.59 Å². The monoisotopic (exact) mass is 319 g/mol. The Kier molecular flexibility index (Phi) is 5.23. The molecule has 1 saturated heterocycles. The van der Waals surface area contributed by atoms with Crippen molar-refractivity contribution in [1.29, 1.82) is 0 Å². The van der Waals surface area contributed by atoms with E-state index in [-0.39, 0.29) is 17.9 Å². The van der Waals surface area contributed by atoms with Crippen LogP contribution in [0.15, 0.2) is 18.5 Å². The molecule has 0 saturated carbocycles. The maximum atomic E-state index is 12.4. The van der Waals surface area contributed by atoms with E-state index in [1.807, 2.05) is 27.7 Å². The van der Waals surface area contributed by atoms with Crippen LogP contribution in [-0.4, -0.2) is 40.6 Å². The highest BCUT2D eigenvalue weighted by Crippen LogP contribution is 2.22. The summed E-state index contributed by atoms with van der Waals surface area (Å²) in [5.74, 6) is -0.484. The molecule has 0 aromatic carbocycles. The van der Waals surface area contributed by atoms with Crippen LogP contribution in [0.25, 0.3) is 0 Å². The second kappa shape index (κ2) is 6.98. The lowest BCUT2D eigenvalue weighted by atomic mass is 9.98. The van der Waals surface area contributed by atoms with Gasteiger partial charge in [-0.25, -0.2) is 4.79 Å². The van der Waals surface area contributed by atoms with Crippen molar-refractivity contribution < 1.29 is 14.3 Å². The fourth-order valence-electron chi connectivity index (χ4n) is 2.55. The highest BCUT2D eigenvalue weighted by atomic mass is 16.6. The number of urea groups is 1. The predicted octanol–water partition coefficient (Wildman–Crippen LogP) is 2.98. The van der Waals surface area contributed by atoms with Crippen LogP contribution in [-0.2, 0) is 9.53 Å². The standard InChI is InChI=1S/C17H25N3O3/c1-12-10-18-8-7-14(12)19-16(22)20-9-5-6-13(11-20)15(21)23-17(2,3)4/h7-8,10,13H,5-6,9,11H2,1-4H3,(H,18,19,22)/t13-/m1/s1. The van der Waals surface area contributed by atoms with Gasteiger partial charge in [0.1, 0.15) is 5.60 Å². The SMILES string of the molecule is Cc1cnccc1NC(=O)N1CCC[C@@H](C(=O)OC(C)(C)C)C1. The molecule has 1 N–H and O–H groups in total. The third-order valence-electron chi connectivity index (χ3n) is 3.71. The Morgan fingerprint density at radius 1 is 1.39 bits per heavy atom. The van der Waals surface area contributed by atoms with Gasteiger partial charge in [-0.3, -0.25) is 9.78 Å². The van der Waals surface area contributed by atoms with Gasteiger partial charge in [-0.2, -0.15) is 0 Å². The Labute approximate surface area is 137 Å². The summed E-state index contributed by atoms with van der Waals surface area (Å²) in [6, 6.07) is 1.58. The molecule has 0 radical (unpaired) electrons. The Balaban J connectivity index is 1.96. The fraction of sp³-hybridized carbons (Fsp3) is 0.588. The lowest BCUT2D eigenvalue weighted by molar-refractivity contribution is -0.161. The number of amides is 2. The van der Waals surface area contributed by atoms with E-state index in [0.29, 0.717) is 13.1 Å². The van der Waals surface area contributed by atoms with Gasteiger partial charge in [-0.15, -0.1) is 0 Å². The summed E-state index contributed by atoms with van der Waals surface area (Å²) in [6.45, 7) is 8.49. The van der Waals surface area contributed by atoms with Crippen molar-refractivity contribution in [3.63, 3.8) is 0 Å². The molecule has 1 atom stereocenters. The third kappa shape index (κ3) is 4.94. The molecular weight excluding hydrogens is 294 g/mol. The van der Waals surface area contributed by atoms with Crippen LogP contribution in [0.3, 0.4) is 0 Å². The predicted molar refractivity (Wildman–Crippen MR) is 88.1 cm³/mol. The molecule has 0 aliphatic carbocycles. The molecule has 1 fully saturated rings. The Bertz CT molecular complexity index is 581. The number of nitrogens with zero attached hydrogens (tertiary/aromatic N) is 2. The molecule has 0 unspecified atom stereocenters. The molecule has 1 aliphatic rings. The molecule has 1 aromatic heterocycles. The first kappa shape index (κ1) is 17.2. The summed E-state index contributed by atoms with van der Waals surface area (Å²) in [5, 5.41) is 2.88. The van der Waals surface area contributed by atoms with Gasteiger partial charge >= 0.3 is 12.0 Å². The Hall–Kier alpha value is -2.11. The van der Waals surface area contributed by atoms with E-state index in [2.05, 4.69) is 10.3 Å². The van der Waals surface area contributed by atoms with E-state index < -0.39 is 5.60 Å². The number of likely N-dealkylation sites (tertiary alicyclic amines) is 1. The van der Waals surface area contributed by atoms with Crippen LogP contribution < -0.4 is 5.32 Å². The van der Waals surface area contributed by atoms with Crippen LogP contribution in [0.1, 0.15) is 39.2 Å². The van der Waals surface area contributed by atoms with Crippen LogP contribution in [0.2, 0.25) is 0 Å². The number of esters is 1. The molecule has 6 heteroatoms. The number of ether oxygens (including phenoxy) is 1. The quantitative estimate of drug-likeness (QED) is 0.851. The van der Waals surface area contributed by atoms with Crippen molar-refractivity contribution in [2.45, 2.75) is 46.1 Å². The van der Waals surface area contributed by atoms with Gasteiger partial charge in [0.15, 0.2) is 0 Å². The number of carbonyl (C=O) groups is 2. The van der Waals surface area contributed by atoms with E-state index in [1.165, 1.54) is 0 Å². The average Bonchev–Trinajstić information content (AvgIpc) is 2.48. The minimum Gasteiger partial charge on any atom is -0.460 e. The average molecular weight is 319 g/mol. The normalized spacial score (nSPS) is 18.4. The van der Waals surface area contributed by atoms with Gasteiger partial charge in [-0.05, 0) is 52.2 Å². The van der Waals surface area contributed by atoms with E-state index in [1.54, 1.807) is 23.4 Å². The smallest absolute Gasteiger partial charge is 0.321 e. The van der Waals surface area contributed by atoms with Gasteiger partial charge in [0.2, 0.25) is 0 Å². The molecule has 2 rings (SSSR count). The molecule has 1 aliphatic heterocycles. The molecule has 0 spiro atoms. The van der Waals surface area contributed by atoms with Crippen molar-refractivity contribution >= 4 is 17.7 Å². The minimum absolute atomic E-state index is 0.187. The third-order valence-corrected chi connectivity index (χ3v) is 3.71. The highest BCUT2D eigenvalue weighted by Gasteiger charge is 2.31. The van der Waals surface area contributed by atoms with Gasteiger partial charge in [0.25, 0.3) is 0 Å².